The second-order valence-electron chi connectivity index (χ2n) is 4.75. The first kappa shape index (κ1) is 12.0. The number of hydrogen-bond acceptors (Lipinski definition) is 3. The van der Waals surface area contributed by atoms with Crippen molar-refractivity contribution in [1.29, 1.82) is 0 Å². The Morgan fingerprint density at radius 2 is 2.47 bits per heavy atom. The quantitative estimate of drug-likeness (QED) is 0.848. The molecular formula is C13H19N3O. The Balaban J connectivity index is 1.96. The normalized spacial score (nSPS) is 23.6. The van der Waals surface area contributed by atoms with Crippen LogP contribution in [-0.4, -0.2) is 35.4 Å². The van der Waals surface area contributed by atoms with E-state index in [1.165, 1.54) is 0 Å². The number of likely N-dealkylation sites (N-methyl/N-ethyl adjacent to an activating group) is 1. The molecule has 1 saturated heterocycles. The van der Waals surface area contributed by atoms with E-state index in [-0.39, 0.29) is 11.9 Å². The van der Waals surface area contributed by atoms with Crippen molar-refractivity contribution in [3.63, 3.8) is 0 Å². The third-order valence-corrected chi connectivity index (χ3v) is 3.32. The van der Waals surface area contributed by atoms with Crippen LogP contribution in [0.4, 0.5) is 0 Å². The van der Waals surface area contributed by atoms with Crippen molar-refractivity contribution in [3.05, 3.63) is 30.1 Å². The molecule has 2 rings (SSSR count). The third-order valence-electron chi connectivity index (χ3n) is 3.32. The number of aromatic nitrogens is 1. The molecule has 0 radical (unpaired) electrons. The van der Waals surface area contributed by atoms with Gasteiger partial charge in [0.15, 0.2) is 0 Å². The summed E-state index contributed by atoms with van der Waals surface area (Å²) >= 11 is 0. The van der Waals surface area contributed by atoms with Gasteiger partial charge < -0.3 is 10.2 Å². The highest BCUT2D eigenvalue weighted by Gasteiger charge is 2.31. The van der Waals surface area contributed by atoms with Gasteiger partial charge in [0.05, 0.1) is 6.04 Å². The van der Waals surface area contributed by atoms with Crippen molar-refractivity contribution in [2.24, 2.45) is 5.92 Å². The summed E-state index contributed by atoms with van der Waals surface area (Å²) in [7, 11) is 1.85. The van der Waals surface area contributed by atoms with E-state index >= 15 is 0 Å². The van der Waals surface area contributed by atoms with Gasteiger partial charge >= 0.3 is 0 Å². The fourth-order valence-electron chi connectivity index (χ4n) is 2.25. The second-order valence-corrected chi connectivity index (χ2v) is 4.75. The van der Waals surface area contributed by atoms with E-state index in [1.54, 1.807) is 17.3 Å². The number of carbonyl (C=O) groups is 1. The van der Waals surface area contributed by atoms with E-state index in [9.17, 15) is 4.79 Å². The van der Waals surface area contributed by atoms with Crippen LogP contribution < -0.4 is 5.32 Å². The highest BCUT2D eigenvalue weighted by Crippen LogP contribution is 2.16. The van der Waals surface area contributed by atoms with Gasteiger partial charge in [0, 0.05) is 26.0 Å². The zero-order chi connectivity index (χ0) is 12.3. The first-order valence-corrected chi connectivity index (χ1v) is 6.05. The van der Waals surface area contributed by atoms with E-state index in [1.807, 2.05) is 19.2 Å². The zero-order valence-corrected chi connectivity index (χ0v) is 10.4. The number of nitrogens with one attached hydrogen (secondary N) is 1. The lowest BCUT2D eigenvalue weighted by atomic mass is 10.0. The van der Waals surface area contributed by atoms with Crippen LogP contribution >= 0.6 is 0 Å². The largest absolute Gasteiger partial charge is 0.340 e. The molecule has 0 aliphatic carbocycles. The topological polar surface area (TPSA) is 45.2 Å². The zero-order valence-electron chi connectivity index (χ0n) is 10.4. The van der Waals surface area contributed by atoms with E-state index in [0.29, 0.717) is 12.5 Å². The van der Waals surface area contributed by atoms with Gasteiger partial charge in [-0.05, 0) is 30.5 Å². The number of rotatable bonds is 3. The van der Waals surface area contributed by atoms with Crippen LogP contribution in [0.15, 0.2) is 24.5 Å². The summed E-state index contributed by atoms with van der Waals surface area (Å²) in [5.74, 6) is 0.609. The van der Waals surface area contributed by atoms with Crippen LogP contribution in [0.3, 0.4) is 0 Å². The molecule has 0 spiro atoms. The Bertz CT molecular complexity index is 380. The smallest absolute Gasteiger partial charge is 0.240 e. The molecule has 1 aliphatic rings. The summed E-state index contributed by atoms with van der Waals surface area (Å²) in [6.45, 7) is 3.69. The Morgan fingerprint density at radius 3 is 3.06 bits per heavy atom. The molecule has 0 aromatic carbocycles. The van der Waals surface area contributed by atoms with Crippen LogP contribution in [0.25, 0.3) is 0 Å². The molecule has 4 heteroatoms. The molecule has 2 heterocycles. The van der Waals surface area contributed by atoms with E-state index < -0.39 is 0 Å². The third kappa shape index (κ3) is 2.82. The molecule has 2 unspecified atom stereocenters. The number of nitrogens with zero attached hydrogens (tertiary/aromatic N) is 2. The summed E-state index contributed by atoms with van der Waals surface area (Å²) in [6.07, 6.45) is 4.62. The maximum absolute atomic E-state index is 12.2. The fraction of sp³-hybridized carbons (Fsp3) is 0.538. The predicted octanol–water partition coefficient (Wildman–Crippen LogP) is 1.04. The molecule has 1 aromatic rings. The molecule has 1 aromatic heterocycles. The molecule has 0 bridgehead atoms. The van der Waals surface area contributed by atoms with Crippen molar-refractivity contribution in [3.8, 4) is 0 Å². The fourth-order valence-corrected chi connectivity index (χ4v) is 2.25. The van der Waals surface area contributed by atoms with Gasteiger partial charge in [-0.1, -0.05) is 13.0 Å². The Morgan fingerprint density at radius 1 is 1.65 bits per heavy atom. The highest BCUT2D eigenvalue weighted by atomic mass is 16.2. The summed E-state index contributed by atoms with van der Waals surface area (Å²) < 4.78 is 0. The summed E-state index contributed by atoms with van der Waals surface area (Å²) in [6, 6.07) is 3.86. The lowest BCUT2D eigenvalue weighted by molar-refractivity contribution is -0.133. The van der Waals surface area contributed by atoms with Crippen molar-refractivity contribution in [2.45, 2.75) is 25.9 Å². The van der Waals surface area contributed by atoms with Gasteiger partial charge in [0.1, 0.15) is 0 Å². The first-order valence-electron chi connectivity index (χ1n) is 6.05. The molecule has 1 aliphatic heterocycles. The van der Waals surface area contributed by atoms with Gasteiger partial charge in [-0.3, -0.25) is 9.78 Å². The number of pyridine rings is 1. The molecule has 1 amide bonds. The molecule has 1 fully saturated rings. The maximum atomic E-state index is 12.2. The average Bonchev–Trinajstić information content (AvgIpc) is 2.76. The van der Waals surface area contributed by atoms with Crippen LogP contribution in [0.5, 0.6) is 0 Å². The molecule has 17 heavy (non-hydrogen) atoms. The van der Waals surface area contributed by atoms with Gasteiger partial charge in [0.2, 0.25) is 5.91 Å². The molecule has 1 N–H and O–H groups in total. The van der Waals surface area contributed by atoms with Gasteiger partial charge in [-0.2, -0.15) is 0 Å². The number of hydrogen-bond donors (Lipinski definition) is 1. The predicted molar refractivity (Wildman–Crippen MR) is 66.3 cm³/mol. The minimum atomic E-state index is -0.0170. The Labute approximate surface area is 102 Å². The lowest BCUT2D eigenvalue weighted by Gasteiger charge is -2.23. The van der Waals surface area contributed by atoms with Gasteiger partial charge in [-0.15, -0.1) is 0 Å². The molecule has 2 atom stereocenters. The van der Waals surface area contributed by atoms with Crippen LogP contribution in [-0.2, 0) is 11.3 Å². The van der Waals surface area contributed by atoms with Crippen molar-refractivity contribution >= 4 is 5.91 Å². The SMILES string of the molecule is CC1CCNC1C(=O)N(C)Cc1cccnc1. The van der Waals surface area contributed by atoms with Crippen LogP contribution in [0.1, 0.15) is 18.9 Å². The second kappa shape index (κ2) is 5.27. The number of carbonyl (C=O) groups excluding carboxylic acids is 1. The van der Waals surface area contributed by atoms with Crippen LogP contribution in [0, 0.1) is 5.92 Å². The minimum absolute atomic E-state index is 0.0170. The van der Waals surface area contributed by atoms with Crippen molar-refractivity contribution in [1.82, 2.24) is 15.2 Å². The summed E-state index contributed by atoms with van der Waals surface area (Å²) in [5, 5.41) is 3.27. The maximum Gasteiger partial charge on any atom is 0.240 e. The standard InChI is InChI=1S/C13H19N3O/c1-10-5-7-15-12(10)13(17)16(2)9-11-4-3-6-14-8-11/h3-4,6,8,10,12,15H,5,7,9H2,1-2H3. The molecule has 4 nitrogen and oxygen atoms in total. The molecular weight excluding hydrogens is 214 g/mol. The monoisotopic (exact) mass is 233 g/mol. The lowest BCUT2D eigenvalue weighted by Crippen LogP contribution is -2.43. The van der Waals surface area contributed by atoms with E-state index in [2.05, 4.69) is 17.2 Å². The van der Waals surface area contributed by atoms with Crippen LogP contribution in [0.2, 0.25) is 0 Å². The Kier molecular flexibility index (Phi) is 3.74. The summed E-state index contributed by atoms with van der Waals surface area (Å²) in [5.41, 5.74) is 1.06. The Hall–Kier alpha value is -1.42. The van der Waals surface area contributed by atoms with Crippen molar-refractivity contribution < 1.29 is 4.79 Å². The van der Waals surface area contributed by atoms with Gasteiger partial charge in [0.25, 0.3) is 0 Å². The first-order chi connectivity index (χ1) is 8.18. The van der Waals surface area contributed by atoms with E-state index in [0.717, 1.165) is 18.5 Å². The van der Waals surface area contributed by atoms with Gasteiger partial charge in [-0.25, -0.2) is 0 Å². The molecule has 0 saturated carbocycles. The number of amides is 1. The highest BCUT2D eigenvalue weighted by molar-refractivity contribution is 5.82. The average molecular weight is 233 g/mol. The van der Waals surface area contributed by atoms with Crippen molar-refractivity contribution in [2.75, 3.05) is 13.6 Å². The molecule has 92 valence electrons. The minimum Gasteiger partial charge on any atom is -0.340 e. The van der Waals surface area contributed by atoms with E-state index in [4.69, 9.17) is 0 Å². The summed E-state index contributed by atoms with van der Waals surface area (Å²) in [4.78, 5) is 18.0.